The summed E-state index contributed by atoms with van der Waals surface area (Å²) in [5.74, 6) is 1.10. The fourth-order valence-corrected chi connectivity index (χ4v) is 3.85. The Labute approximate surface area is 125 Å². The summed E-state index contributed by atoms with van der Waals surface area (Å²) < 4.78 is 36.8. The quantitative estimate of drug-likeness (QED) is 0.880. The molecule has 110 valence electrons. The first-order chi connectivity index (χ1) is 9.36. The molecule has 20 heavy (non-hydrogen) atoms. The molecule has 0 spiro atoms. The van der Waals surface area contributed by atoms with E-state index in [9.17, 15) is 8.42 Å². The van der Waals surface area contributed by atoms with Crippen LogP contribution in [0.15, 0.2) is 36.8 Å². The standard InChI is InChI=1S/C12H15BrN2O4S/c1-8-9(3-4-18-8)7-15(2)20(16,17)11-5-10(6-14)19-12(11)13/h3-5H,6-7,14H2,1-2H3. The van der Waals surface area contributed by atoms with E-state index in [0.717, 1.165) is 5.56 Å². The van der Waals surface area contributed by atoms with Crippen LogP contribution in [0.3, 0.4) is 0 Å². The Kier molecular flexibility index (Phi) is 4.38. The summed E-state index contributed by atoms with van der Waals surface area (Å²) >= 11 is 3.11. The van der Waals surface area contributed by atoms with Crippen LogP contribution >= 0.6 is 15.9 Å². The Morgan fingerprint density at radius 1 is 1.45 bits per heavy atom. The molecule has 0 bridgehead atoms. The first kappa shape index (κ1) is 15.3. The molecule has 0 atom stereocenters. The van der Waals surface area contributed by atoms with E-state index < -0.39 is 10.0 Å². The molecule has 0 unspecified atom stereocenters. The third-order valence-electron chi connectivity index (χ3n) is 2.96. The smallest absolute Gasteiger partial charge is 0.247 e. The topological polar surface area (TPSA) is 89.7 Å². The van der Waals surface area contributed by atoms with Gasteiger partial charge in [-0.05, 0) is 28.9 Å². The zero-order valence-electron chi connectivity index (χ0n) is 11.1. The molecule has 0 saturated heterocycles. The molecule has 0 aromatic carbocycles. The predicted molar refractivity (Wildman–Crippen MR) is 76.4 cm³/mol. The van der Waals surface area contributed by atoms with E-state index in [0.29, 0.717) is 11.5 Å². The van der Waals surface area contributed by atoms with Gasteiger partial charge in [-0.3, -0.25) is 0 Å². The maximum absolute atomic E-state index is 12.5. The number of nitrogens with zero attached hydrogens (tertiary/aromatic N) is 1. The Hall–Kier alpha value is -1.09. The Balaban J connectivity index is 2.29. The Morgan fingerprint density at radius 2 is 2.15 bits per heavy atom. The summed E-state index contributed by atoms with van der Waals surface area (Å²) in [5, 5.41) is 0. The van der Waals surface area contributed by atoms with E-state index in [-0.39, 0.29) is 22.7 Å². The van der Waals surface area contributed by atoms with Crippen LogP contribution < -0.4 is 5.73 Å². The second-order valence-electron chi connectivity index (χ2n) is 4.32. The second kappa shape index (κ2) is 5.72. The first-order valence-corrected chi connectivity index (χ1v) is 8.07. The van der Waals surface area contributed by atoms with Gasteiger partial charge in [0.15, 0.2) is 4.67 Å². The van der Waals surface area contributed by atoms with Crippen molar-refractivity contribution >= 4 is 26.0 Å². The summed E-state index contributed by atoms with van der Waals surface area (Å²) in [7, 11) is -2.15. The summed E-state index contributed by atoms with van der Waals surface area (Å²) in [6, 6.07) is 3.18. The van der Waals surface area contributed by atoms with Crippen molar-refractivity contribution in [3.05, 3.63) is 40.1 Å². The number of nitrogens with two attached hydrogens (primary N) is 1. The van der Waals surface area contributed by atoms with E-state index in [1.807, 2.05) is 0 Å². The van der Waals surface area contributed by atoms with E-state index in [1.165, 1.54) is 23.7 Å². The molecule has 0 radical (unpaired) electrons. The molecule has 2 heterocycles. The van der Waals surface area contributed by atoms with Crippen molar-refractivity contribution in [2.75, 3.05) is 7.05 Å². The molecule has 2 aromatic heterocycles. The van der Waals surface area contributed by atoms with Gasteiger partial charge in [0.05, 0.1) is 12.8 Å². The Morgan fingerprint density at radius 3 is 2.65 bits per heavy atom. The summed E-state index contributed by atoms with van der Waals surface area (Å²) in [4.78, 5) is 0.0709. The maximum atomic E-state index is 12.5. The molecule has 0 aliphatic carbocycles. The van der Waals surface area contributed by atoms with Crippen molar-refractivity contribution in [2.45, 2.75) is 24.9 Å². The Bertz CT molecular complexity index is 705. The fraction of sp³-hybridized carbons (Fsp3) is 0.333. The largest absolute Gasteiger partial charge is 0.469 e. The van der Waals surface area contributed by atoms with Gasteiger partial charge < -0.3 is 14.6 Å². The minimum Gasteiger partial charge on any atom is -0.469 e. The number of furan rings is 2. The van der Waals surface area contributed by atoms with Gasteiger partial charge in [0.2, 0.25) is 10.0 Å². The molecule has 0 fully saturated rings. The van der Waals surface area contributed by atoms with E-state index in [1.54, 1.807) is 13.0 Å². The third-order valence-corrected chi connectivity index (χ3v) is 5.62. The minimum absolute atomic E-state index is 0.0709. The average molecular weight is 363 g/mol. The van der Waals surface area contributed by atoms with Gasteiger partial charge in [-0.15, -0.1) is 0 Å². The van der Waals surface area contributed by atoms with Crippen LogP contribution in [-0.2, 0) is 23.1 Å². The predicted octanol–water partition coefficient (Wildman–Crippen LogP) is 2.22. The van der Waals surface area contributed by atoms with Crippen LogP contribution in [0, 0.1) is 6.92 Å². The van der Waals surface area contributed by atoms with Crippen LogP contribution in [-0.4, -0.2) is 19.8 Å². The molecular formula is C12H15BrN2O4S. The normalized spacial score (nSPS) is 12.2. The lowest BCUT2D eigenvalue weighted by atomic mass is 10.3. The summed E-state index contributed by atoms with van der Waals surface area (Å²) in [5.41, 5.74) is 6.26. The van der Waals surface area contributed by atoms with Gasteiger partial charge >= 0.3 is 0 Å². The average Bonchev–Trinajstić information content (AvgIpc) is 2.96. The minimum atomic E-state index is -3.66. The lowest BCUT2D eigenvalue weighted by Crippen LogP contribution is -2.26. The highest BCUT2D eigenvalue weighted by molar-refractivity contribution is 9.10. The summed E-state index contributed by atoms with van der Waals surface area (Å²) in [6.07, 6.45) is 1.53. The number of rotatable bonds is 5. The van der Waals surface area contributed by atoms with Crippen LogP contribution in [0.1, 0.15) is 17.1 Å². The van der Waals surface area contributed by atoms with Crippen molar-refractivity contribution in [1.82, 2.24) is 4.31 Å². The summed E-state index contributed by atoms with van der Waals surface area (Å²) in [6.45, 7) is 2.15. The van der Waals surface area contributed by atoms with Crippen molar-refractivity contribution < 1.29 is 17.3 Å². The lowest BCUT2D eigenvalue weighted by molar-refractivity contribution is 0.452. The monoisotopic (exact) mass is 362 g/mol. The molecule has 0 aliphatic rings. The second-order valence-corrected chi connectivity index (χ2v) is 7.05. The molecule has 2 aromatic rings. The third kappa shape index (κ3) is 2.83. The molecule has 2 N–H and O–H groups in total. The van der Waals surface area contributed by atoms with Gasteiger partial charge in [-0.25, -0.2) is 8.42 Å². The van der Waals surface area contributed by atoms with Crippen LogP contribution in [0.25, 0.3) is 0 Å². The van der Waals surface area contributed by atoms with Crippen molar-refractivity contribution in [3.63, 3.8) is 0 Å². The van der Waals surface area contributed by atoms with Gasteiger partial charge in [-0.2, -0.15) is 4.31 Å². The molecule has 0 amide bonds. The zero-order chi connectivity index (χ0) is 14.9. The maximum Gasteiger partial charge on any atom is 0.247 e. The molecule has 8 heteroatoms. The molecule has 0 aliphatic heterocycles. The highest BCUT2D eigenvalue weighted by Gasteiger charge is 2.27. The van der Waals surface area contributed by atoms with Crippen molar-refractivity contribution in [3.8, 4) is 0 Å². The highest BCUT2D eigenvalue weighted by atomic mass is 79.9. The lowest BCUT2D eigenvalue weighted by Gasteiger charge is -2.15. The van der Waals surface area contributed by atoms with E-state index in [2.05, 4.69) is 15.9 Å². The highest BCUT2D eigenvalue weighted by Crippen LogP contribution is 2.29. The fourth-order valence-electron chi connectivity index (χ4n) is 1.74. The van der Waals surface area contributed by atoms with Gasteiger partial charge in [0, 0.05) is 25.2 Å². The van der Waals surface area contributed by atoms with Gasteiger partial charge in [-0.1, -0.05) is 0 Å². The van der Waals surface area contributed by atoms with E-state index in [4.69, 9.17) is 14.6 Å². The molecular weight excluding hydrogens is 348 g/mol. The molecule has 6 nitrogen and oxygen atoms in total. The van der Waals surface area contributed by atoms with Gasteiger partial charge in [0.25, 0.3) is 0 Å². The van der Waals surface area contributed by atoms with Crippen LogP contribution in [0.4, 0.5) is 0 Å². The van der Waals surface area contributed by atoms with E-state index >= 15 is 0 Å². The molecule has 2 rings (SSSR count). The van der Waals surface area contributed by atoms with Gasteiger partial charge in [0.1, 0.15) is 16.4 Å². The number of halogens is 1. The SMILES string of the molecule is Cc1occc1CN(C)S(=O)(=O)c1cc(CN)oc1Br. The number of hydrogen-bond acceptors (Lipinski definition) is 5. The van der Waals surface area contributed by atoms with Crippen molar-refractivity contribution in [1.29, 1.82) is 0 Å². The molecule has 0 saturated carbocycles. The first-order valence-electron chi connectivity index (χ1n) is 5.84. The van der Waals surface area contributed by atoms with Crippen molar-refractivity contribution in [2.24, 2.45) is 5.73 Å². The zero-order valence-corrected chi connectivity index (χ0v) is 13.5. The number of hydrogen-bond donors (Lipinski definition) is 1. The number of sulfonamides is 1. The number of aryl methyl sites for hydroxylation is 1. The van der Waals surface area contributed by atoms with Crippen LogP contribution in [0.2, 0.25) is 0 Å². The van der Waals surface area contributed by atoms with Crippen LogP contribution in [0.5, 0.6) is 0 Å².